The lowest BCUT2D eigenvalue weighted by atomic mass is 10.3. The van der Waals surface area contributed by atoms with Crippen molar-refractivity contribution in [2.24, 2.45) is 0 Å². The van der Waals surface area contributed by atoms with E-state index in [0.717, 1.165) is 26.1 Å². The van der Waals surface area contributed by atoms with E-state index in [4.69, 9.17) is 14.2 Å². The number of hydrogen-bond acceptors (Lipinski definition) is 4. The van der Waals surface area contributed by atoms with Gasteiger partial charge in [-0.05, 0) is 31.9 Å². The molecule has 6 nitrogen and oxygen atoms in total. The first-order valence-corrected chi connectivity index (χ1v) is 7.65. The minimum Gasteiger partial charge on any atom is -0.449 e. The zero-order valence-electron chi connectivity index (χ0n) is 13.4. The summed E-state index contributed by atoms with van der Waals surface area (Å²) in [7, 11) is 0. The van der Waals surface area contributed by atoms with Crippen LogP contribution in [0.15, 0.2) is 18.2 Å². The van der Waals surface area contributed by atoms with Crippen LogP contribution in [0.25, 0.3) is 0 Å². The average Bonchev–Trinajstić information content (AvgIpc) is 2.76. The van der Waals surface area contributed by atoms with Gasteiger partial charge in [0.25, 0.3) is 0 Å². The van der Waals surface area contributed by atoms with Gasteiger partial charge in [0.05, 0.1) is 0 Å². The lowest BCUT2D eigenvalue weighted by Crippen LogP contribution is -2.30. The smallest absolute Gasteiger partial charge is 0.319 e. The predicted octanol–water partition coefficient (Wildman–Crippen LogP) is 3.13. The molecule has 1 aromatic rings. The molecule has 2 amide bonds. The average molecular weight is 308 g/mol. The van der Waals surface area contributed by atoms with Crippen molar-refractivity contribution in [3.63, 3.8) is 0 Å². The van der Waals surface area contributed by atoms with Gasteiger partial charge in [-0.1, -0.05) is 0 Å². The van der Waals surface area contributed by atoms with Crippen LogP contribution in [0, 0.1) is 0 Å². The summed E-state index contributed by atoms with van der Waals surface area (Å²) in [5.41, 5.74) is 0.673. The highest BCUT2D eigenvalue weighted by molar-refractivity contribution is 5.89. The number of anilines is 1. The Morgan fingerprint density at radius 1 is 1.23 bits per heavy atom. The Labute approximate surface area is 131 Å². The summed E-state index contributed by atoms with van der Waals surface area (Å²) in [5.74, 6) is 0.662. The predicted molar refractivity (Wildman–Crippen MR) is 84.5 cm³/mol. The third-order valence-electron chi connectivity index (χ3n) is 3.12. The van der Waals surface area contributed by atoms with Crippen LogP contribution in [0.4, 0.5) is 10.5 Å². The fraction of sp³-hybridized carbons (Fsp3) is 0.562. The second-order valence-corrected chi connectivity index (χ2v) is 5.55. The molecule has 2 rings (SSSR count). The summed E-state index contributed by atoms with van der Waals surface area (Å²) in [6.45, 7) is 7.74. The molecule has 1 aliphatic heterocycles. The van der Waals surface area contributed by atoms with Crippen LogP contribution in [-0.2, 0) is 4.74 Å². The number of amides is 2. The second kappa shape index (κ2) is 7.35. The normalized spacial score (nSPS) is 14.7. The molecule has 0 aromatic heterocycles. The second-order valence-electron chi connectivity index (χ2n) is 5.55. The Hall–Kier alpha value is -1.95. The third-order valence-corrected chi connectivity index (χ3v) is 3.12. The van der Waals surface area contributed by atoms with Crippen molar-refractivity contribution in [2.75, 3.05) is 25.1 Å². The monoisotopic (exact) mass is 308 g/mol. The molecule has 0 unspecified atom stereocenters. The van der Waals surface area contributed by atoms with Crippen molar-refractivity contribution >= 4 is 11.7 Å². The molecule has 0 aliphatic carbocycles. The molecule has 0 atom stereocenters. The van der Waals surface area contributed by atoms with Crippen LogP contribution in [0.2, 0.25) is 0 Å². The molecule has 0 saturated heterocycles. The molecule has 1 heterocycles. The van der Waals surface area contributed by atoms with Crippen LogP contribution in [0.3, 0.4) is 0 Å². The molecule has 2 N–H and O–H groups in total. The number of hydrogen-bond donors (Lipinski definition) is 2. The molecule has 0 spiro atoms. The Bertz CT molecular complexity index is 517. The van der Waals surface area contributed by atoms with Crippen LogP contribution >= 0.6 is 0 Å². The van der Waals surface area contributed by atoms with Crippen LogP contribution in [0.1, 0.15) is 33.6 Å². The van der Waals surface area contributed by atoms with Gasteiger partial charge in [0.2, 0.25) is 5.79 Å². The zero-order valence-corrected chi connectivity index (χ0v) is 13.4. The number of benzene rings is 1. The molecular weight excluding hydrogens is 284 g/mol. The first-order valence-electron chi connectivity index (χ1n) is 7.65. The van der Waals surface area contributed by atoms with E-state index in [1.165, 1.54) is 0 Å². The van der Waals surface area contributed by atoms with Crippen LogP contribution in [0.5, 0.6) is 11.5 Å². The van der Waals surface area contributed by atoms with E-state index in [-0.39, 0.29) is 6.03 Å². The van der Waals surface area contributed by atoms with Crippen molar-refractivity contribution < 1.29 is 19.0 Å². The van der Waals surface area contributed by atoms with Crippen LogP contribution in [-0.4, -0.2) is 31.6 Å². The van der Waals surface area contributed by atoms with Gasteiger partial charge >= 0.3 is 6.03 Å². The molecule has 0 bridgehead atoms. The summed E-state index contributed by atoms with van der Waals surface area (Å²) in [6.07, 6.45) is 1.83. The van der Waals surface area contributed by atoms with Crippen molar-refractivity contribution in [2.45, 2.75) is 39.4 Å². The summed E-state index contributed by atoms with van der Waals surface area (Å²) >= 11 is 0. The number of urea groups is 1. The molecule has 122 valence electrons. The lowest BCUT2D eigenvalue weighted by Gasteiger charge is -2.16. The van der Waals surface area contributed by atoms with E-state index >= 15 is 0 Å². The number of unbranched alkanes of at least 4 members (excludes halogenated alkanes) is 1. The maximum absolute atomic E-state index is 11.8. The van der Waals surface area contributed by atoms with Gasteiger partial charge in [-0.2, -0.15) is 0 Å². The number of rotatable bonds is 7. The quantitative estimate of drug-likeness (QED) is 0.759. The SMILES string of the molecule is CCOCCCCNC(=O)Nc1ccc2c(c1)OC(C)(C)O2. The molecular formula is C16H24N2O4. The van der Waals surface area contributed by atoms with Crippen LogP contribution < -0.4 is 20.1 Å². The standard InChI is InChI=1S/C16H24N2O4/c1-4-20-10-6-5-9-17-15(19)18-12-7-8-13-14(11-12)22-16(2,3)21-13/h7-8,11H,4-6,9-10H2,1-3H3,(H2,17,18,19). The van der Waals surface area contributed by atoms with E-state index in [9.17, 15) is 4.79 Å². The molecule has 1 aliphatic rings. The number of ether oxygens (including phenoxy) is 3. The van der Waals surface area contributed by atoms with Gasteiger partial charge in [0.15, 0.2) is 11.5 Å². The fourth-order valence-corrected chi connectivity index (χ4v) is 2.15. The van der Waals surface area contributed by atoms with E-state index in [1.54, 1.807) is 18.2 Å². The van der Waals surface area contributed by atoms with E-state index in [1.807, 2.05) is 20.8 Å². The summed E-state index contributed by atoms with van der Waals surface area (Å²) < 4.78 is 16.5. The van der Waals surface area contributed by atoms with Crippen molar-refractivity contribution in [3.05, 3.63) is 18.2 Å². The highest BCUT2D eigenvalue weighted by Gasteiger charge is 2.31. The highest BCUT2D eigenvalue weighted by Crippen LogP contribution is 2.40. The summed E-state index contributed by atoms with van der Waals surface area (Å²) in [5, 5.41) is 5.60. The first kappa shape index (κ1) is 16.4. The zero-order chi connectivity index (χ0) is 16.0. The topological polar surface area (TPSA) is 68.8 Å². The van der Waals surface area contributed by atoms with Crippen molar-refractivity contribution in [1.29, 1.82) is 0 Å². The third kappa shape index (κ3) is 4.80. The number of fused-ring (bicyclic) bond motifs is 1. The molecule has 0 saturated carbocycles. The first-order chi connectivity index (χ1) is 10.5. The van der Waals surface area contributed by atoms with E-state index in [0.29, 0.717) is 23.7 Å². The molecule has 22 heavy (non-hydrogen) atoms. The number of carbonyl (C=O) groups excluding carboxylic acids is 1. The van der Waals surface area contributed by atoms with Crippen molar-refractivity contribution in [1.82, 2.24) is 5.32 Å². The minimum absolute atomic E-state index is 0.227. The minimum atomic E-state index is -0.663. The van der Waals surface area contributed by atoms with Gasteiger partial charge in [-0.15, -0.1) is 0 Å². The Kier molecular flexibility index (Phi) is 5.49. The summed E-state index contributed by atoms with van der Waals surface area (Å²) in [4.78, 5) is 11.8. The Morgan fingerprint density at radius 3 is 2.77 bits per heavy atom. The number of nitrogens with one attached hydrogen (secondary N) is 2. The molecule has 6 heteroatoms. The molecule has 0 radical (unpaired) electrons. The van der Waals surface area contributed by atoms with Crippen molar-refractivity contribution in [3.8, 4) is 11.5 Å². The van der Waals surface area contributed by atoms with Gasteiger partial charge in [-0.25, -0.2) is 4.79 Å². The highest BCUT2D eigenvalue weighted by atomic mass is 16.7. The summed E-state index contributed by atoms with van der Waals surface area (Å²) in [6, 6.07) is 5.12. The van der Waals surface area contributed by atoms with E-state index in [2.05, 4.69) is 10.6 Å². The van der Waals surface area contributed by atoms with E-state index < -0.39 is 5.79 Å². The maximum atomic E-state index is 11.8. The Balaban J connectivity index is 1.74. The molecule has 0 fully saturated rings. The van der Waals surface area contributed by atoms with Gasteiger partial charge < -0.3 is 24.8 Å². The van der Waals surface area contributed by atoms with Gasteiger partial charge in [0, 0.05) is 45.4 Å². The van der Waals surface area contributed by atoms with Gasteiger partial charge in [-0.3, -0.25) is 0 Å². The maximum Gasteiger partial charge on any atom is 0.319 e. The lowest BCUT2D eigenvalue weighted by molar-refractivity contribution is -0.0431. The van der Waals surface area contributed by atoms with Gasteiger partial charge in [0.1, 0.15) is 0 Å². The fourth-order valence-electron chi connectivity index (χ4n) is 2.15. The Morgan fingerprint density at radius 2 is 2.00 bits per heavy atom. The molecule has 1 aromatic carbocycles. The largest absolute Gasteiger partial charge is 0.449 e. The number of carbonyl (C=O) groups is 1.